The van der Waals surface area contributed by atoms with E-state index in [9.17, 15) is 44.3 Å². The first kappa shape index (κ1) is 32.2. The fraction of sp³-hybridized carbons (Fsp3) is 0.533. The molecule has 0 spiro atoms. The second kappa shape index (κ2) is 10.7. The molecule has 2 atom stereocenters. The van der Waals surface area contributed by atoms with Crippen LogP contribution >= 0.6 is 0 Å². The highest BCUT2D eigenvalue weighted by atomic mass is 32.2. The van der Waals surface area contributed by atoms with Gasteiger partial charge in [-0.05, 0) is 62.3 Å². The van der Waals surface area contributed by atoms with Crippen molar-refractivity contribution in [2.24, 2.45) is 5.92 Å². The van der Waals surface area contributed by atoms with Gasteiger partial charge in [0.05, 0.1) is 10.9 Å². The number of likely N-dealkylation sites (tertiary alicyclic amines) is 2. The topological polar surface area (TPSA) is 74.8 Å². The molecule has 2 aromatic carbocycles. The number of carbonyl (C=O) groups excluding carboxylic acids is 2. The zero-order valence-electron chi connectivity index (χ0n) is 23.9. The van der Waals surface area contributed by atoms with Gasteiger partial charge in [-0.3, -0.25) is 9.59 Å². The Kier molecular flexibility index (Phi) is 7.86. The number of carbonyl (C=O) groups is 2. The van der Waals surface area contributed by atoms with E-state index in [-0.39, 0.29) is 53.6 Å². The highest BCUT2D eigenvalue weighted by Crippen LogP contribution is 2.57. The van der Waals surface area contributed by atoms with Gasteiger partial charge in [0.2, 0.25) is 11.8 Å². The number of hydrogen-bond donors (Lipinski definition) is 0. The number of hydrogen-bond acceptors (Lipinski definition) is 4. The smallest absolute Gasteiger partial charge is 0.343 e. The van der Waals surface area contributed by atoms with Crippen LogP contribution in [0, 0.1) is 12.8 Å². The van der Waals surface area contributed by atoms with Crippen molar-refractivity contribution in [1.29, 1.82) is 0 Å². The minimum Gasteiger partial charge on any atom is -0.343 e. The highest BCUT2D eigenvalue weighted by molar-refractivity contribution is 7.92. The Balaban J connectivity index is 1.62. The van der Waals surface area contributed by atoms with Crippen molar-refractivity contribution in [3.05, 3.63) is 64.7 Å². The number of benzene rings is 2. The van der Waals surface area contributed by atoms with E-state index in [1.807, 2.05) is 0 Å². The van der Waals surface area contributed by atoms with Crippen LogP contribution in [0.4, 0.5) is 30.7 Å². The molecule has 2 fully saturated rings. The van der Waals surface area contributed by atoms with Gasteiger partial charge in [-0.15, -0.1) is 0 Å². The SMILES string of the molecule is CC(=O)N1CCC(C(=O)N2CCC3(S(=O)(=O)c4ccc(C)cc4)c4ccc(C(F)(C(F)(F)F)C(F)(F)F)cc4CCC23)CC1. The summed E-state index contributed by atoms with van der Waals surface area (Å²) in [6.07, 6.45) is -12.3. The van der Waals surface area contributed by atoms with Crippen LogP contribution in [0.1, 0.15) is 54.9 Å². The quantitative estimate of drug-likeness (QED) is 0.396. The Morgan fingerprint density at radius 2 is 1.45 bits per heavy atom. The normalized spacial score (nSPS) is 23.3. The molecular formula is C30H31F7N2O4S. The molecule has 0 aromatic heterocycles. The van der Waals surface area contributed by atoms with Crippen molar-refractivity contribution in [3.8, 4) is 0 Å². The lowest BCUT2D eigenvalue weighted by atomic mass is 9.76. The maximum absolute atomic E-state index is 15.0. The first-order valence-electron chi connectivity index (χ1n) is 14.2. The maximum Gasteiger partial charge on any atom is 0.435 e. The predicted octanol–water partition coefficient (Wildman–Crippen LogP) is 5.76. The number of aryl methyl sites for hydroxylation is 2. The summed E-state index contributed by atoms with van der Waals surface area (Å²) in [5.41, 5.74) is -6.77. The number of sulfone groups is 1. The zero-order chi connectivity index (χ0) is 32.5. The van der Waals surface area contributed by atoms with E-state index >= 15 is 4.39 Å². The lowest BCUT2D eigenvalue weighted by molar-refractivity contribution is -0.348. The number of amides is 2. The first-order valence-corrected chi connectivity index (χ1v) is 15.7. The van der Waals surface area contributed by atoms with E-state index in [1.54, 1.807) is 24.0 Å². The van der Waals surface area contributed by atoms with Crippen LogP contribution in [0.25, 0.3) is 0 Å². The van der Waals surface area contributed by atoms with Gasteiger partial charge in [0.1, 0.15) is 4.75 Å². The summed E-state index contributed by atoms with van der Waals surface area (Å²) in [7, 11) is -4.40. The third-order valence-corrected chi connectivity index (χ3v) is 12.0. The van der Waals surface area contributed by atoms with Crippen LogP contribution in [0.2, 0.25) is 0 Å². The number of nitrogens with zero attached hydrogens (tertiary/aromatic N) is 2. The molecule has 0 N–H and O–H groups in total. The Morgan fingerprint density at radius 1 is 0.864 bits per heavy atom. The van der Waals surface area contributed by atoms with Crippen LogP contribution in [0.3, 0.4) is 0 Å². The summed E-state index contributed by atoms with van der Waals surface area (Å²) in [5.74, 6) is -0.925. The second-order valence-electron chi connectivity index (χ2n) is 11.8. The van der Waals surface area contributed by atoms with E-state index in [2.05, 4.69) is 0 Å². The van der Waals surface area contributed by atoms with E-state index in [4.69, 9.17) is 0 Å². The van der Waals surface area contributed by atoms with Gasteiger partial charge in [0, 0.05) is 38.0 Å². The average Bonchev–Trinajstić information content (AvgIpc) is 3.37. The molecule has 2 saturated heterocycles. The Morgan fingerprint density at radius 3 is 2.00 bits per heavy atom. The molecule has 1 aliphatic carbocycles. The van der Waals surface area contributed by atoms with Gasteiger partial charge in [-0.2, -0.15) is 26.3 Å². The molecule has 3 aliphatic rings. The zero-order valence-corrected chi connectivity index (χ0v) is 24.8. The van der Waals surface area contributed by atoms with Gasteiger partial charge in [0.25, 0.3) is 0 Å². The van der Waals surface area contributed by atoms with Crippen molar-refractivity contribution >= 4 is 21.7 Å². The molecule has 44 heavy (non-hydrogen) atoms. The van der Waals surface area contributed by atoms with Crippen LogP contribution in [0.5, 0.6) is 0 Å². The summed E-state index contributed by atoms with van der Waals surface area (Å²) in [6.45, 7) is 3.86. The van der Waals surface area contributed by atoms with Gasteiger partial charge in [-0.1, -0.05) is 35.9 Å². The van der Waals surface area contributed by atoms with Crippen LogP contribution in [-0.4, -0.2) is 68.1 Å². The number of alkyl halides is 7. The summed E-state index contributed by atoms with van der Waals surface area (Å²) in [4.78, 5) is 28.6. The summed E-state index contributed by atoms with van der Waals surface area (Å²) < 4.78 is 124. The number of fused-ring (bicyclic) bond motifs is 3. The molecule has 6 nitrogen and oxygen atoms in total. The molecule has 2 heterocycles. The molecule has 5 rings (SSSR count). The van der Waals surface area contributed by atoms with Crippen molar-refractivity contribution in [2.45, 2.75) is 79.7 Å². The molecule has 2 aromatic rings. The summed E-state index contributed by atoms with van der Waals surface area (Å²) >= 11 is 0. The molecule has 2 aliphatic heterocycles. The Hall–Kier alpha value is -3.16. The van der Waals surface area contributed by atoms with Crippen LogP contribution in [-0.2, 0) is 36.3 Å². The summed E-state index contributed by atoms with van der Waals surface area (Å²) in [5, 5.41) is 0. The number of piperidine rings is 1. The first-order chi connectivity index (χ1) is 20.4. The average molecular weight is 649 g/mol. The second-order valence-corrected chi connectivity index (χ2v) is 14.1. The third kappa shape index (κ3) is 4.78. The minimum atomic E-state index is -6.32. The van der Waals surface area contributed by atoms with Crippen LogP contribution < -0.4 is 0 Å². The third-order valence-electron chi connectivity index (χ3n) is 9.45. The highest BCUT2D eigenvalue weighted by Gasteiger charge is 2.74. The fourth-order valence-electron chi connectivity index (χ4n) is 7.10. The fourth-order valence-corrected chi connectivity index (χ4v) is 9.46. The Bertz CT molecular complexity index is 1550. The van der Waals surface area contributed by atoms with E-state index in [1.165, 1.54) is 24.0 Å². The lowest BCUT2D eigenvalue weighted by Gasteiger charge is -2.44. The monoisotopic (exact) mass is 648 g/mol. The molecule has 0 saturated carbocycles. The Labute approximate surface area is 250 Å². The summed E-state index contributed by atoms with van der Waals surface area (Å²) in [6, 6.07) is 6.60. The van der Waals surface area contributed by atoms with E-state index < -0.39 is 50.1 Å². The number of rotatable bonds is 4. The van der Waals surface area contributed by atoms with Gasteiger partial charge < -0.3 is 9.80 Å². The lowest BCUT2D eigenvalue weighted by Crippen LogP contribution is -2.54. The standard InChI is InChI=1S/C30H31F7N2O4S/c1-18-3-7-23(8-4-18)44(42,43)27-13-16-39(26(41)20-11-14-38(15-12-20)19(2)40)25(27)10-5-21-17-22(6-9-24(21)27)28(31,29(32,33)34)30(35,36)37/h3-4,6-9,17,20,25H,5,10-16H2,1-2H3. The molecular weight excluding hydrogens is 617 g/mol. The maximum atomic E-state index is 15.0. The molecule has 2 unspecified atom stereocenters. The van der Waals surface area contributed by atoms with Crippen molar-refractivity contribution in [2.75, 3.05) is 19.6 Å². The van der Waals surface area contributed by atoms with Crippen LogP contribution in [0.15, 0.2) is 47.4 Å². The van der Waals surface area contributed by atoms with Gasteiger partial charge in [-0.25, -0.2) is 12.8 Å². The number of halogens is 7. The predicted molar refractivity (Wildman–Crippen MR) is 145 cm³/mol. The van der Waals surface area contributed by atoms with E-state index in [0.29, 0.717) is 38.1 Å². The van der Waals surface area contributed by atoms with Crippen molar-refractivity contribution in [3.63, 3.8) is 0 Å². The van der Waals surface area contributed by atoms with E-state index in [0.717, 1.165) is 11.6 Å². The van der Waals surface area contributed by atoms with Gasteiger partial charge >= 0.3 is 18.0 Å². The van der Waals surface area contributed by atoms with Crippen molar-refractivity contribution < 1.29 is 48.7 Å². The van der Waals surface area contributed by atoms with Crippen molar-refractivity contribution in [1.82, 2.24) is 9.80 Å². The van der Waals surface area contributed by atoms with Gasteiger partial charge in [0.15, 0.2) is 9.84 Å². The molecule has 0 radical (unpaired) electrons. The molecule has 240 valence electrons. The minimum absolute atomic E-state index is 0.0130. The molecule has 0 bridgehead atoms. The molecule has 14 heteroatoms. The largest absolute Gasteiger partial charge is 0.435 e. The molecule has 2 amide bonds.